The van der Waals surface area contributed by atoms with Crippen LogP contribution in [0.25, 0.3) is 5.03 Å². The lowest BCUT2D eigenvalue weighted by Crippen LogP contribution is -1.93. The van der Waals surface area contributed by atoms with Crippen molar-refractivity contribution < 1.29 is 9.90 Å². The molecule has 2 aromatic rings. The number of aromatic carboxylic acids is 1. The first-order valence-electron chi connectivity index (χ1n) is 5.29. The highest BCUT2D eigenvalue weighted by atomic mass is 35.5. The summed E-state index contributed by atoms with van der Waals surface area (Å²) < 4.78 is 0. The maximum Gasteiger partial charge on any atom is 0.335 e. The van der Waals surface area contributed by atoms with Crippen LogP contribution in [0.3, 0.4) is 0 Å². The van der Waals surface area contributed by atoms with E-state index in [9.17, 15) is 4.79 Å². The molecular weight excluding hydrogens is 248 g/mol. The largest absolute Gasteiger partial charge is 0.478 e. The van der Waals surface area contributed by atoms with Gasteiger partial charge in [-0.25, -0.2) is 4.79 Å². The van der Waals surface area contributed by atoms with Crippen molar-refractivity contribution in [1.82, 2.24) is 0 Å². The van der Waals surface area contributed by atoms with Crippen LogP contribution in [0.15, 0.2) is 67.2 Å². The van der Waals surface area contributed by atoms with Gasteiger partial charge in [-0.3, -0.25) is 0 Å². The molecule has 0 spiro atoms. The van der Waals surface area contributed by atoms with Gasteiger partial charge in [0.1, 0.15) is 0 Å². The Morgan fingerprint density at radius 2 is 1.28 bits per heavy atom. The summed E-state index contributed by atoms with van der Waals surface area (Å²) in [4.78, 5) is 10.2. The summed E-state index contributed by atoms with van der Waals surface area (Å²) in [5.41, 5.74) is 1.32. The Kier molecular flexibility index (Phi) is 5.68. The molecule has 0 radical (unpaired) electrons. The molecule has 0 atom stereocenters. The van der Waals surface area contributed by atoms with E-state index in [4.69, 9.17) is 16.7 Å². The summed E-state index contributed by atoms with van der Waals surface area (Å²) in [6, 6.07) is 18.0. The zero-order valence-corrected chi connectivity index (χ0v) is 10.5. The number of halogens is 1. The summed E-state index contributed by atoms with van der Waals surface area (Å²) in [6.45, 7) is 3.59. The molecule has 0 bridgehead atoms. The number of rotatable bonds is 2. The van der Waals surface area contributed by atoms with Crippen LogP contribution in [-0.4, -0.2) is 11.1 Å². The van der Waals surface area contributed by atoms with Crippen LogP contribution in [-0.2, 0) is 0 Å². The minimum atomic E-state index is -0.879. The molecule has 2 nitrogen and oxygen atoms in total. The topological polar surface area (TPSA) is 37.3 Å². The fraction of sp³-hybridized carbons (Fsp3) is 0. The molecule has 1 N–H and O–H groups in total. The fourth-order valence-electron chi connectivity index (χ4n) is 1.20. The number of carbonyl (C=O) groups is 1. The molecule has 0 saturated heterocycles. The van der Waals surface area contributed by atoms with Crippen molar-refractivity contribution in [2.75, 3.05) is 0 Å². The number of hydrogen-bond donors (Lipinski definition) is 1. The molecule has 2 rings (SSSR count). The molecule has 0 saturated carbocycles. The summed E-state index contributed by atoms with van der Waals surface area (Å²) in [5, 5.41) is 8.98. The summed E-state index contributed by atoms with van der Waals surface area (Å²) in [6.07, 6.45) is 0. The van der Waals surface area contributed by atoms with E-state index in [2.05, 4.69) is 6.58 Å². The van der Waals surface area contributed by atoms with Crippen LogP contribution < -0.4 is 0 Å². The van der Waals surface area contributed by atoms with E-state index in [-0.39, 0.29) is 0 Å². The smallest absolute Gasteiger partial charge is 0.335 e. The first-order valence-corrected chi connectivity index (χ1v) is 5.67. The standard InChI is InChI=1S/C8H7Cl.C7H6O2/c1-7(9)8-5-3-2-4-6-8;8-7(9)6-4-2-1-3-5-6/h2-6H,1H2;1-5H,(H,8,9). The van der Waals surface area contributed by atoms with Gasteiger partial charge >= 0.3 is 5.97 Å². The molecule has 18 heavy (non-hydrogen) atoms. The molecule has 92 valence electrons. The number of hydrogen-bond acceptors (Lipinski definition) is 1. The van der Waals surface area contributed by atoms with Gasteiger partial charge in [0.05, 0.1) is 5.56 Å². The molecule has 0 aliphatic carbocycles. The zero-order chi connectivity index (χ0) is 13.4. The molecule has 0 unspecified atom stereocenters. The predicted molar refractivity (Wildman–Crippen MR) is 74.7 cm³/mol. The Balaban J connectivity index is 0.000000180. The van der Waals surface area contributed by atoms with Gasteiger partial charge in [-0.15, -0.1) is 0 Å². The maximum atomic E-state index is 10.2. The van der Waals surface area contributed by atoms with E-state index in [1.165, 1.54) is 0 Å². The van der Waals surface area contributed by atoms with Gasteiger partial charge in [0.15, 0.2) is 0 Å². The summed E-state index contributed by atoms with van der Waals surface area (Å²) >= 11 is 5.61. The Bertz CT molecular complexity index is 457. The SMILES string of the molecule is C=C(Cl)c1ccccc1.O=C(O)c1ccccc1. The summed E-state index contributed by atoms with van der Waals surface area (Å²) in [5.74, 6) is -0.879. The normalized spacial score (nSPS) is 8.94. The van der Waals surface area contributed by atoms with Gasteiger partial charge in [-0.2, -0.15) is 0 Å². The monoisotopic (exact) mass is 260 g/mol. The van der Waals surface area contributed by atoms with E-state index in [0.29, 0.717) is 10.6 Å². The van der Waals surface area contributed by atoms with E-state index in [0.717, 1.165) is 5.56 Å². The number of benzene rings is 2. The van der Waals surface area contributed by atoms with Gasteiger partial charge < -0.3 is 5.11 Å². The molecule has 0 fully saturated rings. The first-order chi connectivity index (χ1) is 8.61. The minimum absolute atomic E-state index is 0.331. The second-order valence-electron chi connectivity index (χ2n) is 3.44. The Morgan fingerprint density at radius 3 is 1.50 bits per heavy atom. The quantitative estimate of drug-likeness (QED) is 0.875. The molecule has 0 aliphatic rings. The van der Waals surface area contributed by atoms with E-state index in [1.807, 2.05) is 30.3 Å². The van der Waals surface area contributed by atoms with Crippen molar-refractivity contribution in [2.45, 2.75) is 0 Å². The maximum absolute atomic E-state index is 10.2. The highest BCUT2D eigenvalue weighted by Crippen LogP contribution is 2.14. The number of carboxylic acid groups (broad SMARTS) is 1. The minimum Gasteiger partial charge on any atom is -0.478 e. The molecule has 2 aromatic carbocycles. The molecular formula is C15H13ClO2. The van der Waals surface area contributed by atoms with Gasteiger partial charge in [0, 0.05) is 5.03 Å². The average molecular weight is 261 g/mol. The van der Waals surface area contributed by atoms with Gasteiger partial charge in [-0.1, -0.05) is 66.7 Å². The zero-order valence-electron chi connectivity index (χ0n) is 9.71. The van der Waals surface area contributed by atoms with Crippen LogP contribution in [0.1, 0.15) is 15.9 Å². The fourth-order valence-corrected chi connectivity index (χ4v) is 1.33. The Hall–Kier alpha value is -2.06. The molecule has 3 heteroatoms. The van der Waals surface area contributed by atoms with Crippen LogP contribution in [0.4, 0.5) is 0 Å². The third kappa shape index (κ3) is 4.85. The molecule has 0 heterocycles. The van der Waals surface area contributed by atoms with Crippen LogP contribution in [0.2, 0.25) is 0 Å². The average Bonchev–Trinajstić information content (AvgIpc) is 2.41. The van der Waals surface area contributed by atoms with Gasteiger partial charge in [0.2, 0.25) is 0 Å². The van der Waals surface area contributed by atoms with Crippen LogP contribution >= 0.6 is 11.6 Å². The lowest BCUT2D eigenvalue weighted by Gasteiger charge is -1.92. The van der Waals surface area contributed by atoms with E-state index >= 15 is 0 Å². The lowest BCUT2D eigenvalue weighted by atomic mass is 10.2. The van der Waals surface area contributed by atoms with Crippen molar-refractivity contribution in [1.29, 1.82) is 0 Å². The van der Waals surface area contributed by atoms with Gasteiger partial charge in [-0.05, 0) is 17.7 Å². The second kappa shape index (κ2) is 7.30. The number of carboxylic acids is 1. The Morgan fingerprint density at radius 1 is 0.889 bits per heavy atom. The van der Waals surface area contributed by atoms with Crippen molar-refractivity contribution in [2.24, 2.45) is 0 Å². The van der Waals surface area contributed by atoms with Crippen molar-refractivity contribution in [3.05, 3.63) is 78.4 Å². The van der Waals surface area contributed by atoms with Crippen molar-refractivity contribution >= 4 is 22.6 Å². The molecule has 0 amide bonds. The predicted octanol–water partition coefficient (Wildman–Crippen LogP) is 4.28. The second-order valence-corrected chi connectivity index (χ2v) is 3.90. The van der Waals surface area contributed by atoms with E-state index in [1.54, 1.807) is 30.3 Å². The van der Waals surface area contributed by atoms with Crippen molar-refractivity contribution in [3.8, 4) is 0 Å². The van der Waals surface area contributed by atoms with E-state index < -0.39 is 5.97 Å². The highest BCUT2D eigenvalue weighted by Gasteiger charge is 1.96. The van der Waals surface area contributed by atoms with Gasteiger partial charge in [0.25, 0.3) is 0 Å². The van der Waals surface area contributed by atoms with Crippen molar-refractivity contribution in [3.63, 3.8) is 0 Å². The lowest BCUT2D eigenvalue weighted by molar-refractivity contribution is 0.0697. The first kappa shape index (κ1) is 14.0. The molecule has 0 aliphatic heterocycles. The highest BCUT2D eigenvalue weighted by molar-refractivity contribution is 6.48. The Labute approximate surface area is 111 Å². The third-order valence-electron chi connectivity index (χ3n) is 2.11. The molecule has 0 aromatic heterocycles. The van der Waals surface area contributed by atoms with Crippen LogP contribution in [0, 0.1) is 0 Å². The van der Waals surface area contributed by atoms with Crippen LogP contribution in [0.5, 0.6) is 0 Å². The summed E-state index contributed by atoms with van der Waals surface area (Å²) in [7, 11) is 0. The third-order valence-corrected chi connectivity index (χ3v) is 2.33.